The highest BCUT2D eigenvalue weighted by Gasteiger charge is 2.23. The number of nitrogens with zero attached hydrogens (tertiary/aromatic N) is 5. The van der Waals surface area contributed by atoms with E-state index in [0.29, 0.717) is 19.1 Å². The highest BCUT2D eigenvalue weighted by molar-refractivity contribution is 7.09. The minimum Gasteiger partial charge on any atom is -0.450 e. The monoisotopic (exact) mass is 425 g/mol. The minimum atomic E-state index is -0.368. The van der Waals surface area contributed by atoms with Gasteiger partial charge in [-0.05, 0) is 19.3 Å². The Morgan fingerprint density at radius 2 is 2.00 bits per heavy atom. The number of alkyl carbamates (subject to hydrolysis) is 1. The van der Waals surface area contributed by atoms with E-state index in [9.17, 15) is 4.79 Å². The molecule has 2 N–H and O–H groups in total. The second-order valence-electron chi connectivity index (χ2n) is 7.44. The lowest BCUT2D eigenvalue weighted by atomic mass is 10.0. The van der Waals surface area contributed by atoms with Gasteiger partial charge in [-0.3, -0.25) is 4.99 Å². The summed E-state index contributed by atoms with van der Waals surface area (Å²) in [7, 11) is 1.79. The van der Waals surface area contributed by atoms with Crippen molar-refractivity contribution in [2.45, 2.75) is 46.6 Å². The quantitative estimate of drug-likeness (QED) is 0.486. The zero-order valence-corrected chi connectivity index (χ0v) is 19.1. The maximum Gasteiger partial charge on any atom is 0.407 e. The second-order valence-corrected chi connectivity index (χ2v) is 8.17. The van der Waals surface area contributed by atoms with Crippen LogP contribution < -0.4 is 15.5 Å². The molecule has 29 heavy (non-hydrogen) atoms. The summed E-state index contributed by atoms with van der Waals surface area (Å²) < 4.78 is 9.42. The summed E-state index contributed by atoms with van der Waals surface area (Å²) in [6.45, 7) is 12.6. The van der Waals surface area contributed by atoms with E-state index in [0.717, 1.165) is 55.9 Å². The van der Waals surface area contributed by atoms with Crippen LogP contribution in [-0.4, -0.2) is 78.7 Å². The third-order valence-electron chi connectivity index (χ3n) is 4.70. The number of ether oxygens (including phenoxy) is 1. The van der Waals surface area contributed by atoms with Gasteiger partial charge in [0.05, 0.1) is 6.61 Å². The number of aromatic nitrogens is 2. The maximum absolute atomic E-state index is 11.8. The number of aryl methyl sites for hydroxylation is 1. The van der Waals surface area contributed by atoms with Crippen LogP contribution in [0, 0.1) is 5.92 Å². The van der Waals surface area contributed by atoms with Gasteiger partial charge in [0, 0.05) is 63.8 Å². The van der Waals surface area contributed by atoms with Crippen molar-refractivity contribution in [1.82, 2.24) is 24.9 Å². The average molecular weight is 426 g/mol. The standard InChI is InChI=1S/C19H35N7O2S/c1-6-16-23-18(29-24-16)26-10-8-25(9-11-26)17(20-5)21-13-15(12-14(3)4)22-19(27)28-7-2/h14-15H,6-13H2,1-5H3,(H,20,21)(H,22,27). The van der Waals surface area contributed by atoms with Crippen molar-refractivity contribution < 1.29 is 9.53 Å². The van der Waals surface area contributed by atoms with Crippen LogP contribution >= 0.6 is 11.5 Å². The lowest BCUT2D eigenvalue weighted by Gasteiger charge is -2.36. The zero-order valence-electron chi connectivity index (χ0n) is 18.3. The molecule has 0 saturated carbocycles. The smallest absolute Gasteiger partial charge is 0.407 e. The van der Waals surface area contributed by atoms with Gasteiger partial charge in [-0.1, -0.05) is 20.8 Å². The van der Waals surface area contributed by atoms with E-state index >= 15 is 0 Å². The van der Waals surface area contributed by atoms with Gasteiger partial charge in [0.1, 0.15) is 5.82 Å². The first kappa shape index (κ1) is 23.2. The van der Waals surface area contributed by atoms with E-state index in [2.05, 4.69) is 55.6 Å². The number of carbonyl (C=O) groups excluding carboxylic acids is 1. The maximum atomic E-state index is 11.8. The highest BCUT2D eigenvalue weighted by Crippen LogP contribution is 2.19. The van der Waals surface area contributed by atoms with Crippen molar-refractivity contribution in [1.29, 1.82) is 0 Å². The van der Waals surface area contributed by atoms with Crippen molar-refractivity contribution in [3.63, 3.8) is 0 Å². The van der Waals surface area contributed by atoms with Gasteiger partial charge in [-0.2, -0.15) is 4.37 Å². The molecule has 1 fully saturated rings. The molecule has 1 aromatic rings. The van der Waals surface area contributed by atoms with Gasteiger partial charge < -0.3 is 25.2 Å². The summed E-state index contributed by atoms with van der Waals surface area (Å²) >= 11 is 1.47. The molecule has 0 radical (unpaired) electrons. The number of guanidine groups is 1. The van der Waals surface area contributed by atoms with Gasteiger partial charge in [-0.15, -0.1) is 0 Å². The minimum absolute atomic E-state index is 0.0130. The van der Waals surface area contributed by atoms with Crippen LogP contribution in [0.4, 0.5) is 9.93 Å². The molecule has 1 aliphatic heterocycles. The number of nitrogens with one attached hydrogen (secondary N) is 2. The molecule has 1 saturated heterocycles. The molecule has 0 spiro atoms. The van der Waals surface area contributed by atoms with E-state index in [1.165, 1.54) is 11.5 Å². The molecular formula is C19H35N7O2S. The molecule has 164 valence electrons. The van der Waals surface area contributed by atoms with E-state index in [1.54, 1.807) is 7.05 Å². The number of hydrogen-bond acceptors (Lipinski definition) is 7. The molecular weight excluding hydrogens is 390 g/mol. The van der Waals surface area contributed by atoms with Crippen molar-refractivity contribution in [3.05, 3.63) is 5.82 Å². The Bertz CT molecular complexity index is 657. The molecule has 1 amide bonds. The number of carbonyl (C=O) groups is 1. The first-order valence-electron chi connectivity index (χ1n) is 10.4. The Morgan fingerprint density at radius 3 is 2.55 bits per heavy atom. The molecule has 10 heteroatoms. The number of rotatable bonds is 8. The largest absolute Gasteiger partial charge is 0.450 e. The van der Waals surface area contributed by atoms with Crippen LogP contribution in [0.15, 0.2) is 4.99 Å². The number of anilines is 1. The molecule has 1 aliphatic rings. The van der Waals surface area contributed by atoms with Crippen LogP contribution in [0.5, 0.6) is 0 Å². The zero-order chi connectivity index (χ0) is 21.2. The topological polar surface area (TPSA) is 95.0 Å². The fourth-order valence-electron chi connectivity index (χ4n) is 3.27. The van der Waals surface area contributed by atoms with Crippen molar-refractivity contribution in [2.75, 3.05) is 51.3 Å². The Hall–Kier alpha value is -2.10. The van der Waals surface area contributed by atoms with E-state index in [1.807, 2.05) is 6.92 Å². The van der Waals surface area contributed by atoms with Crippen molar-refractivity contribution in [3.8, 4) is 0 Å². The van der Waals surface area contributed by atoms with Gasteiger partial charge in [0.2, 0.25) is 5.13 Å². The lowest BCUT2D eigenvalue weighted by Crippen LogP contribution is -2.54. The predicted octanol–water partition coefficient (Wildman–Crippen LogP) is 1.96. The van der Waals surface area contributed by atoms with Crippen LogP contribution in [-0.2, 0) is 11.2 Å². The molecule has 2 heterocycles. The first-order valence-corrected chi connectivity index (χ1v) is 11.2. The van der Waals surface area contributed by atoms with Gasteiger partial charge in [-0.25, -0.2) is 9.78 Å². The molecule has 1 unspecified atom stereocenters. The van der Waals surface area contributed by atoms with Gasteiger partial charge in [0.25, 0.3) is 0 Å². The van der Waals surface area contributed by atoms with Gasteiger partial charge in [0.15, 0.2) is 5.96 Å². The number of amides is 1. The third kappa shape index (κ3) is 7.34. The Kier molecular flexibility index (Phi) is 9.43. The summed E-state index contributed by atoms with van der Waals surface area (Å²) in [6, 6.07) is -0.0130. The summed E-state index contributed by atoms with van der Waals surface area (Å²) in [6.07, 6.45) is 1.37. The summed E-state index contributed by atoms with van der Waals surface area (Å²) in [5.74, 6) is 2.24. The fraction of sp³-hybridized carbons (Fsp3) is 0.789. The Labute approximate surface area is 178 Å². The van der Waals surface area contributed by atoms with Crippen LogP contribution in [0.25, 0.3) is 0 Å². The van der Waals surface area contributed by atoms with Crippen LogP contribution in [0.2, 0.25) is 0 Å². The lowest BCUT2D eigenvalue weighted by molar-refractivity contribution is 0.146. The van der Waals surface area contributed by atoms with Crippen LogP contribution in [0.1, 0.15) is 39.9 Å². The molecule has 1 aromatic heterocycles. The summed E-state index contributed by atoms with van der Waals surface area (Å²) in [5.41, 5.74) is 0. The van der Waals surface area contributed by atoms with Gasteiger partial charge >= 0.3 is 6.09 Å². The fourth-order valence-corrected chi connectivity index (χ4v) is 4.08. The molecule has 0 bridgehead atoms. The Balaban J connectivity index is 1.86. The van der Waals surface area contributed by atoms with Crippen molar-refractivity contribution >= 4 is 28.7 Å². The molecule has 0 aromatic carbocycles. The molecule has 2 rings (SSSR count). The van der Waals surface area contributed by atoms with E-state index in [-0.39, 0.29) is 12.1 Å². The summed E-state index contributed by atoms with van der Waals surface area (Å²) in [4.78, 5) is 25.4. The molecule has 9 nitrogen and oxygen atoms in total. The molecule has 1 atom stereocenters. The number of aliphatic imine (C=N–C) groups is 1. The first-order chi connectivity index (χ1) is 14.0. The summed E-state index contributed by atoms with van der Waals surface area (Å²) in [5, 5.41) is 7.37. The number of piperazine rings is 1. The van der Waals surface area contributed by atoms with E-state index < -0.39 is 0 Å². The Morgan fingerprint density at radius 1 is 1.28 bits per heavy atom. The average Bonchev–Trinajstić information content (AvgIpc) is 3.18. The predicted molar refractivity (Wildman–Crippen MR) is 118 cm³/mol. The third-order valence-corrected chi connectivity index (χ3v) is 5.51. The van der Waals surface area contributed by atoms with Crippen LogP contribution in [0.3, 0.4) is 0 Å². The number of hydrogen-bond donors (Lipinski definition) is 2. The van der Waals surface area contributed by atoms with Crippen molar-refractivity contribution in [2.24, 2.45) is 10.9 Å². The SMILES string of the molecule is CCOC(=O)NC(CNC(=NC)N1CCN(c2nc(CC)ns2)CC1)CC(C)C. The second kappa shape index (κ2) is 11.8. The highest BCUT2D eigenvalue weighted by atomic mass is 32.1. The molecule has 0 aliphatic carbocycles. The van der Waals surface area contributed by atoms with E-state index in [4.69, 9.17) is 4.74 Å². The normalized spacial score (nSPS) is 16.1.